The van der Waals surface area contributed by atoms with E-state index >= 15 is 0 Å². The van der Waals surface area contributed by atoms with E-state index in [0.717, 1.165) is 37.0 Å². The maximum absolute atomic E-state index is 13.8. The molecule has 1 saturated heterocycles. The van der Waals surface area contributed by atoms with Crippen LogP contribution in [0.15, 0.2) is 42.5 Å². The highest BCUT2D eigenvalue weighted by Gasteiger charge is 2.51. The molecule has 2 aromatic carbocycles. The number of nitrogens with zero attached hydrogens (tertiary/aromatic N) is 1. The normalized spacial score (nSPS) is 25.5. The predicted octanol–water partition coefficient (Wildman–Crippen LogP) is 4.22. The zero-order valence-corrected chi connectivity index (χ0v) is 18.5. The van der Waals surface area contributed by atoms with Crippen molar-refractivity contribution < 1.29 is 24.1 Å². The average Bonchev–Trinajstić information content (AvgIpc) is 2.82. The molecule has 0 radical (unpaired) electrons. The van der Waals surface area contributed by atoms with Crippen molar-refractivity contribution in [3.05, 3.63) is 53.6 Å². The number of benzene rings is 2. The smallest absolute Gasteiger partial charge is 0.258 e. The van der Waals surface area contributed by atoms with Gasteiger partial charge in [-0.1, -0.05) is 31.0 Å². The third kappa shape index (κ3) is 3.85. The van der Waals surface area contributed by atoms with Crippen LogP contribution in [-0.4, -0.2) is 49.4 Å². The lowest BCUT2D eigenvalue weighted by molar-refractivity contribution is -0.115. The van der Waals surface area contributed by atoms with E-state index in [2.05, 4.69) is 0 Å². The quantitative estimate of drug-likeness (QED) is 0.777. The number of ether oxygens (including phenoxy) is 3. The van der Waals surface area contributed by atoms with Crippen molar-refractivity contribution in [2.45, 2.75) is 43.7 Å². The van der Waals surface area contributed by atoms with E-state index in [1.54, 1.807) is 39.5 Å². The minimum absolute atomic E-state index is 0.0421. The molecule has 0 unspecified atom stereocenters. The number of para-hydroxylation sites is 1. The minimum Gasteiger partial charge on any atom is -0.497 e. The minimum atomic E-state index is -0.759. The van der Waals surface area contributed by atoms with Crippen LogP contribution in [0.5, 0.6) is 17.2 Å². The van der Waals surface area contributed by atoms with Crippen LogP contribution < -0.4 is 14.2 Å². The van der Waals surface area contributed by atoms with Gasteiger partial charge in [-0.2, -0.15) is 0 Å². The van der Waals surface area contributed by atoms with E-state index in [9.17, 15) is 9.90 Å². The van der Waals surface area contributed by atoms with Crippen molar-refractivity contribution in [1.29, 1.82) is 0 Å². The molecule has 3 atom stereocenters. The lowest BCUT2D eigenvalue weighted by Gasteiger charge is -2.52. The summed E-state index contributed by atoms with van der Waals surface area (Å²) >= 11 is 0. The van der Waals surface area contributed by atoms with E-state index in [0.29, 0.717) is 30.0 Å². The Kier molecular flexibility index (Phi) is 6.10. The first-order chi connectivity index (χ1) is 15.0. The molecular formula is C25H31NO5. The monoisotopic (exact) mass is 425 g/mol. The Bertz CT molecular complexity index is 945. The number of rotatable bonds is 5. The number of hydrogen-bond donors (Lipinski definition) is 1. The first-order valence-electron chi connectivity index (χ1n) is 10.9. The van der Waals surface area contributed by atoms with E-state index in [-0.39, 0.29) is 17.9 Å². The number of likely N-dealkylation sites (tertiary alicyclic amines) is 1. The molecule has 0 aromatic heterocycles. The maximum atomic E-state index is 13.8. The molecule has 2 aliphatic rings. The Morgan fingerprint density at radius 3 is 2.52 bits per heavy atom. The van der Waals surface area contributed by atoms with Gasteiger partial charge in [0.1, 0.15) is 17.2 Å². The highest BCUT2D eigenvalue weighted by Crippen LogP contribution is 2.51. The molecule has 6 nitrogen and oxygen atoms in total. The molecule has 0 bridgehead atoms. The average molecular weight is 426 g/mol. The Hall–Kier alpha value is -2.73. The van der Waals surface area contributed by atoms with Crippen LogP contribution in [0.1, 0.15) is 54.1 Å². The molecule has 0 spiro atoms. The van der Waals surface area contributed by atoms with Crippen molar-refractivity contribution >= 4 is 5.91 Å². The molecule has 31 heavy (non-hydrogen) atoms. The van der Waals surface area contributed by atoms with Crippen molar-refractivity contribution in [3.63, 3.8) is 0 Å². The molecule has 1 saturated carbocycles. The van der Waals surface area contributed by atoms with E-state index in [4.69, 9.17) is 14.2 Å². The Labute approximate surface area is 183 Å². The SMILES string of the molecule is COc1ccc(C(=O)N2CC[C@]3(O)CCCC[C@@H]3[C@@H]2c2ccccc2OC)c(OC)c1. The number of piperidine rings is 1. The van der Waals surface area contributed by atoms with Gasteiger partial charge < -0.3 is 24.2 Å². The summed E-state index contributed by atoms with van der Waals surface area (Å²) in [6, 6.07) is 12.8. The van der Waals surface area contributed by atoms with E-state index in [1.165, 1.54) is 0 Å². The number of fused-ring (bicyclic) bond motifs is 1. The second kappa shape index (κ2) is 8.79. The Morgan fingerprint density at radius 2 is 1.77 bits per heavy atom. The predicted molar refractivity (Wildman–Crippen MR) is 118 cm³/mol. The van der Waals surface area contributed by atoms with Crippen LogP contribution in [0.3, 0.4) is 0 Å². The van der Waals surface area contributed by atoms with E-state index in [1.807, 2.05) is 29.2 Å². The largest absolute Gasteiger partial charge is 0.497 e. The van der Waals surface area contributed by atoms with Gasteiger partial charge in [-0.05, 0) is 37.5 Å². The summed E-state index contributed by atoms with van der Waals surface area (Å²) in [6.45, 7) is 0.476. The summed E-state index contributed by atoms with van der Waals surface area (Å²) in [5, 5.41) is 11.5. The van der Waals surface area contributed by atoms with Crippen LogP contribution in [0, 0.1) is 5.92 Å². The maximum Gasteiger partial charge on any atom is 0.258 e. The topological polar surface area (TPSA) is 68.2 Å². The summed E-state index contributed by atoms with van der Waals surface area (Å²) in [5.41, 5.74) is 0.671. The van der Waals surface area contributed by atoms with Gasteiger partial charge in [0.2, 0.25) is 0 Å². The molecule has 166 valence electrons. The van der Waals surface area contributed by atoms with Gasteiger partial charge in [0.25, 0.3) is 5.91 Å². The van der Waals surface area contributed by atoms with Crippen LogP contribution >= 0.6 is 0 Å². The number of amides is 1. The molecule has 1 amide bonds. The number of hydrogen-bond acceptors (Lipinski definition) is 5. The lowest BCUT2D eigenvalue weighted by atomic mass is 9.66. The summed E-state index contributed by atoms with van der Waals surface area (Å²) in [6.07, 6.45) is 4.30. The van der Waals surface area contributed by atoms with Crippen molar-refractivity contribution in [2.24, 2.45) is 5.92 Å². The third-order valence-corrected chi connectivity index (χ3v) is 6.93. The van der Waals surface area contributed by atoms with Crippen LogP contribution in [0.4, 0.5) is 0 Å². The van der Waals surface area contributed by atoms with Gasteiger partial charge >= 0.3 is 0 Å². The highest BCUT2D eigenvalue weighted by molar-refractivity contribution is 5.97. The molecule has 6 heteroatoms. The lowest BCUT2D eigenvalue weighted by Crippen LogP contribution is -2.56. The highest BCUT2D eigenvalue weighted by atomic mass is 16.5. The van der Waals surface area contributed by atoms with Crippen molar-refractivity contribution in [3.8, 4) is 17.2 Å². The molecule has 2 fully saturated rings. The van der Waals surface area contributed by atoms with Gasteiger partial charge in [-0.3, -0.25) is 4.79 Å². The summed E-state index contributed by atoms with van der Waals surface area (Å²) in [7, 11) is 4.79. The number of aliphatic hydroxyl groups is 1. The first-order valence-corrected chi connectivity index (χ1v) is 10.9. The Morgan fingerprint density at radius 1 is 1.00 bits per heavy atom. The number of methoxy groups -OCH3 is 3. The second-order valence-electron chi connectivity index (χ2n) is 8.46. The van der Waals surface area contributed by atoms with Gasteiger partial charge in [-0.25, -0.2) is 0 Å². The summed E-state index contributed by atoms with van der Waals surface area (Å²) < 4.78 is 16.5. The van der Waals surface area contributed by atoms with Crippen molar-refractivity contribution in [1.82, 2.24) is 4.90 Å². The third-order valence-electron chi connectivity index (χ3n) is 6.93. The fourth-order valence-electron chi connectivity index (χ4n) is 5.34. The molecule has 2 aromatic rings. The summed E-state index contributed by atoms with van der Waals surface area (Å²) in [4.78, 5) is 15.7. The van der Waals surface area contributed by atoms with E-state index < -0.39 is 5.60 Å². The molecule has 4 rings (SSSR count). The van der Waals surface area contributed by atoms with Gasteiger partial charge in [0, 0.05) is 24.1 Å². The van der Waals surface area contributed by atoms with Crippen molar-refractivity contribution in [2.75, 3.05) is 27.9 Å². The van der Waals surface area contributed by atoms with Crippen LogP contribution in [-0.2, 0) is 0 Å². The molecule has 1 aliphatic heterocycles. The molecule has 1 N–H and O–H groups in total. The molecular weight excluding hydrogens is 394 g/mol. The molecule has 1 aliphatic carbocycles. The van der Waals surface area contributed by atoms with Crippen LogP contribution in [0.25, 0.3) is 0 Å². The summed E-state index contributed by atoms with van der Waals surface area (Å²) in [5.74, 6) is 1.70. The standard InChI is InChI=1S/C25H31NO5/c1-29-17-11-12-19(22(16-17)31-3)24(27)26-15-14-25(28)13-7-6-9-20(25)23(26)18-8-4-5-10-21(18)30-2/h4-5,8,10-12,16,20,23,28H,6-7,9,13-15H2,1-3H3/t20-,23+,25-/m1/s1. The van der Waals surface area contributed by atoms with Crippen LogP contribution in [0.2, 0.25) is 0 Å². The number of carbonyl (C=O) groups excluding carboxylic acids is 1. The van der Waals surface area contributed by atoms with Gasteiger partial charge in [0.15, 0.2) is 0 Å². The first kappa shape index (κ1) is 21.5. The Balaban J connectivity index is 1.79. The zero-order chi connectivity index (χ0) is 22.0. The van der Waals surface area contributed by atoms with Gasteiger partial charge in [-0.15, -0.1) is 0 Å². The molecule has 1 heterocycles. The fourth-order valence-corrected chi connectivity index (χ4v) is 5.34. The second-order valence-corrected chi connectivity index (χ2v) is 8.46. The zero-order valence-electron chi connectivity index (χ0n) is 18.5. The number of carbonyl (C=O) groups is 1. The fraction of sp³-hybridized carbons (Fsp3) is 0.480. The van der Waals surface area contributed by atoms with Gasteiger partial charge in [0.05, 0.1) is 38.5 Å².